The molecule has 0 atom stereocenters. The Morgan fingerprint density at radius 3 is 1.77 bits per heavy atom. The third kappa shape index (κ3) is 13.3. The predicted molar refractivity (Wildman–Crippen MR) is 230 cm³/mol. The molecule has 2 N–H and O–H groups in total. The van der Waals surface area contributed by atoms with Crippen LogP contribution in [0.5, 0.6) is 0 Å². The lowest BCUT2D eigenvalue weighted by Gasteiger charge is -2.29. The summed E-state index contributed by atoms with van der Waals surface area (Å²) in [5, 5.41) is 19.8. The van der Waals surface area contributed by atoms with Crippen LogP contribution in [0.4, 0.5) is 0 Å². The monoisotopic (exact) mass is 765 g/mol. The van der Waals surface area contributed by atoms with E-state index in [1.807, 2.05) is 0 Å². The van der Waals surface area contributed by atoms with Crippen molar-refractivity contribution in [1.29, 1.82) is 0 Å². The van der Waals surface area contributed by atoms with Crippen LogP contribution >= 0.6 is 0 Å². The molecule has 3 aromatic rings. The van der Waals surface area contributed by atoms with Crippen molar-refractivity contribution in [3.05, 3.63) is 107 Å². The molecule has 0 amide bonds. The average Bonchev–Trinajstić information content (AvgIpc) is 3.21. The second-order valence-corrected chi connectivity index (χ2v) is 16.1. The van der Waals surface area contributed by atoms with Crippen LogP contribution in [0.15, 0.2) is 78.9 Å². The van der Waals surface area contributed by atoms with Gasteiger partial charge < -0.3 is 19.7 Å². The number of rotatable bonds is 23. The molecule has 0 aliphatic heterocycles. The van der Waals surface area contributed by atoms with E-state index < -0.39 is 0 Å². The van der Waals surface area contributed by atoms with Crippen LogP contribution in [0.1, 0.15) is 132 Å². The van der Waals surface area contributed by atoms with Gasteiger partial charge in [-0.2, -0.15) is 0 Å². The molecule has 0 radical (unpaired) electrons. The summed E-state index contributed by atoms with van der Waals surface area (Å²) in [6.07, 6.45) is 15.6. The zero-order chi connectivity index (χ0) is 40.5. The van der Waals surface area contributed by atoms with E-state index in [-0.39, 0.29) is 44.3 Å². The molecule has 6 heteroatoms. The molecule has 0 saturated heterocycles. The largest absolute Gasteiger partial charge is 0.462 e. The van der Waals surface area contributed by atoms with Gasteiger partial charge in [0.2, 0.25) is 0 Å². The molecule has 6 nitrogen and oxygen atoms in total. The molecule has 1 aliphatic carbocycles. The second kappa shape index (κ2) is 23.3. The Kier molecular flexibility index (Phi) is 18.6. The number of esters is 2. The minimum absolute atomic E-state index is 0.0813. The lowest BCUT2D eigenvalue weighted by Crippen LogP contribution is -2.14. The van der Waals surface area contributed by atoms with Crippen LogP contribution < -0.4 is 0 Å². The Bertz CT molecular complexity index is 1670. The molecule has 0 bridgehead atoms. The number of unbranched alkanes of at least 4 members (excludes halogenated alkanes) is 2. The smallest absolute Gasteiger partial charge is 0.333 e. The first-order chi connectivity index (χ1) is 27.1. The zero-order valence-corrected chi connectivity index (χ0v) is 34.8. The van der Waals surface area contributed by atoms with Gasteiger partial charge in [0.25, 0.3) is 0 Å². The van der Waals surface area contributed by atoms with Gasteiger partial charge in [0, 0.05) is 30.3 Å². The Balaban J connectivity index is 1.62. The number of benzene rings is 3. The Morgan fingerprint density at radius 1 is 0.696 bits per heavy atom. The van der Waals surface area contributed by atoms with Gasteiger partial charge in [-0.25, -0.2) is 9.59 Å². The Labute approximate surface area is 337 Å². The fourth-order valence-electron chi connectivity index (χ4n) is 8.17. The highest BCUT2D eigenvalue weighted by molar-refractivity contribution is 5.87. The lowest BCUT2D eigenvalue weighted by molar-refractivity contribution is -0.139. The van der Waals surface area contributed by atoms with E-state index >= 15 is 0 Å². The van der Waals surface area contributed by atoms with Crippen LogP contribution in [0, 0.1) is 11.8 Å². The summed E-state index contributed by atoms with van der Waals surface area (Å²) in [7, 11) is 0. The maximum Gasteiger partial charge on any atom is 0.333 e. The van der Waals surface area contributed by atoms with Crippen LogP contribution in [0.25, 0.3) is 22.3 Å². The molecule has 0 unspecified atom stereocenters. The van der Waals surface area contributed by atoms with Gasteiger partial charge in [-0.15, -0.1) is 0 Å². The Morgan fingerprint density at radius 2 is 1.25 bits per heavy atom. The number of carbonyl (C=O) groups excluding carboxylic acids is 2. The molecule has 56 heavy (non-hydrogen) atoms. The predicted octanol–water partition coefficient (Wildman–Crippen LogP) is 11.1. The van der Waals surface area contributed by atoms with E-state index in [2.05, 4.69) is 81.6 Å². The molecular formula is C50H68O6. The number of ether oxygens (including phenoxy) is 2. The van der Waals surface area contributed by atoms with Gasteiger partial charge in [0.1, 0.15) is 0 Å². The SMILES string of the molecule is C=C(C)C(=O)OCCCc1cc(-c2ccc(-c3ccc(C4CCC(CCCCC)CC4)cc3)cc2CC)cc(CCCOC(=O)C(=C)C)c1CCC(CO)CO. The molecule has 1 aliphatic rings. The van der Waals surface area contributed by atoms with E-state index in [0.29, 0.717) is 55.6 Å². The first-order valence-corrected chi connectivity index (χ1v) is 21.3. The molecule has 0 heterocycles. The number of aliphatic hydroxyl groups is 2. The van der Waals surface area contributed by atoms with Crippen LogP contribution in [0.2, 0.25) is 0 Å². The first kappa shape index (κ1) is 44.7. The van der Waals surface area contributed by atoms with E-state index in [1.165, 1.54) is 84.7 Å². The lowest BCUT2D eigenvalue weighted by atomic mass is 9.77. The van der Waals surface area contributed by atoms with Gasteiger partial charge in [0.05, 0.1) is 13.2 Å². The van der Waals surface area contributed by atoms with Crippen molar-refractivity contribution in [2.75, 3.05) is 26.4 Å². The van der Waals surface area contributed by atoms with Crippen LogP contribution in [-0.2, 0) is 44.7 Å². The first-order valence-electron chi connectivity index (χ1n) is 21.3. The highest BCUT2D eigenvalue weighted by atomic mass is 16.5. The number of aliphatic hydroxyl groups excluding tert-OH is 2. The third-order valence-corrected chi connectivity index (χ3v) is 11.7. The topological polar surface area (TPSA) is 93.1 Å². The molecule has 1 saturated carbocycles. The molecule has 304 valence electrons. The molecular weight excluding hydrogens is 697 g/mol. The Hall–Kier alpha value is -4.00. The van der Waals surface area contributed by atoms with Crippen molar-refractivity contribution in [3.63, 3.8) is 0 Å². The minimum Gasteiger partial charge on any atom is -0.462 e. The summed E-state index contributed by atoms with van der Waals surface area (Å²) in [6.45, 7) is 15.6. The fourth-order valence-corrected chi connectivity index (χ4v) is 8.17. The summed E-state index contributed by atoms with van der Waals surface area (Å²) in [5.74, 6) is 0.586. The maximum absolute atomic E-state index is 12.1. The molecule has 3 aromatic carbocycles. The summed E-state index contributed by atoms with van der Waals surface area (Å²) in [6, 6.07) is 20.7. The molecule has 4 rings (SSSR count). The highest BCUT2D eigenvalue weighted by Crippen LogP contribution is 2.39. The number of hydrogen-bond donors (Lipinski definition) is 2. The van der Waals surface area contributed by atoms with Crippen molar-refractivity contribution in [3.8, 4) is 22.3 Å². The normalized spacial score (nSPS) is 15.5. The summed E-state index contributed by atoms with van der Waals surface area (Å²) >= 11 is 0. The van der Waals surface area contributed by atoms with Gasteiger partial charge in [-0.3, -0.25) is 0 Å². The van der Waals surface area contributed by atoms with Crippen LogP contribution in [-0.4, -0.2) is 48.6 Å². The van der Waals surface area contributed by atoms with Gasteiger partial charge in [-0.05, 0) is 146 Å². The second-order valence-electron chi connectivity index (χ2n) is 16.1. The van der Waals surface area contributed by atoms with Gasteiger partial charge in [0.15, 0.2) is 0 Å². The van der Waals surface area contributed by atoms with Gasteiger partial charge in [-0.1, -0.05) is 107 Å². The molecule has 0 aromatic heterocycles. The number of hydrogen-bond acceptors (Lipinski definition) is 6. The third-order valence-electron chi connectivity index (χ3n) is 11.7. The maximum atomic E-state index is 12.1. The highest BCUT2D eigenvalue weighted by Gasteiger charge is 2.22. The van der Waals surface area contributed by atoms with E-state index in [4.69, 9.17) is 9.47 Å². The van der Waals surface area contributed by atoms with Gasteiger partial charge >= 0.3 is 11.9 Å². The average molecular weight is 765 g/mol. The minimum atomic E-state index is -0.389. The van der Waals surface area contributed by atoms with Crippen molar-refractivity contribution >= 4 is 11.9 Å². The van der Waals surface area contributed by atoms with Crippen LogP contribution in [0.3, 0.4) is 0 Å². The summed E-state index contributed by atoms with van der Waals surface area (Å²) < 4.78 is 10.9. The van der Waals surface area contributed by atoms with E-state index in [0.717, 1.165) is 29.0 Å². The van der Waals surface area contributed by atoms with Crippen molar-refractivity contribution in [2.24, 2.45) is 11.8 Å². The van der Waals surface area contributed by atoms with Crippen molar-refractivity contribution < 1.29 is 29.3 Å². The molecule has 0 spiro atoms. The van der Waals surface area contributed by atoms with Crippen molar-refractivity contribution in [1.82, 2.24) is 0 Å². The standard InChI is InChI=1S/C50H68O6/c1-7-9-10-13-37-16-19-40(20-17-37)41-21-23-42(24-22-41)43-25-27-47(39(8-2)30-43)46-31-44(14-11-28-55-49(53)35(3)4)48(26-18-38(33-51)34-52)45(32-46)15-12-29-56-50(54)36(5)6/h21-25,27,30-32,37-38,40,51-52H,3,5,7-20,26,28-29,33-34H2,1-2,4,6H3. The van der Waals surface area contributed by atoms with E-state index in [9.17, 15) is 19.8 Å². The van der Waals surface area contributed by atoms with Crippen molar-refractivity contribution in [2.45, 2.75) is 130 Å². The summed E-state index contributed by atoms with van der Waals surface area (Å²) in [4.78, 5) is 24.2. The van der Waals surface area contributed by atoms with E-state index in [1.54, 1.807) is 13.8 Å². The number of carbonyl (C=O) groups is 2. The number of aryl methyl sites for hydroxylation is 3. The molecule has 1 fully saturated rings. The fraction of sp³-hybridized carbons (Fsp3) is 0.520. The quantitative estimate of drug-likeness (QED) is 0.0567. The zero-order valence-electron chi connectivity index (χ0n) is 34.8. The summed E-state index contributed by atoms with van der Waals surface area (Å²) in [5.41, 5.74) is 11.8.